The zero-order valence-electron chi connectivity index (χ0n) is 10.2. The molecule has 0 aromatic heterocycles. The predicted molar refractivity (Wildman–Crippen MR) is 71.6 cm³/mol. The maximum absolute atomic E-state index is 11.9. The van der Waals surface area contributed by atoms with Gasteiger partial charge >= 0.3 is 0 Å². The maximum atomic E-state index is 11.9. The number of benzene rings is 2. The fraction of sp³-hybridized carbons (Fsp3) is 0.133. The number of anilines is 1. The van der Waals surface area contributed by atoms with Gasteiger partial charge in [-0.3, -0.25) is 4.79 Å². The van der Waals surface area contributed by atoms with Crippen molar-refractivity contribution in [3.05, 3.63) is 65.7 Å². The smallest absolute Gasteiger partial charge is 0.255 e. The number of hydrogen-bond donors (Lipinski definition) is 1. The van der Waals surface area contributed by atoms with Crippen LogP contribution < -0.4 is 5.32 Å². The molecule has 0 atom stereocenters. The van der Waals surface area contributed by atoms with E-state index in [9.17, 15) is 4.79 Å². The lowest BCUT2D eigenvalue weighted by Gasteiger charge is -2.06. The first-order chi connectivity index (χ1) is 8.79. The van der Waals surface area contributed by atoms with Crippen molar-refractivity contribution in [1.29, 1.82) is 0 Å². The van der Waals surface area contributed by atoms with Crippen LogP contribution >= 0.6 is 0 Å². The molecule has 1 N–H and O–H groups in total. The van der Waals surface area contributed by atoms with Gasteiger partial charge in [0.25, 0.3) is 5.91 Å². The number of hydrogen-bond acceptors (Lipinski definition) is 2. The maximum Gasteiger partial charge on any atom is 0.255 e. The van der Waals surface area contributed by atoms with Crippen LogP contribution in [0.1, 0.15) is 15.9 Å². The second-order valence-electron chi connectivity index (χ2n) is 3.95. The fourth-order valence-corrected chi connectivity index (χ4v) is 1.64. The highest BCUT2D eigenvalue weighted by Gasteiger charge is 2.04. The predicted octanol–water partition coefficient (Wildman–Crippen LogP) is 3.09. The van der Waals surface area contributed by atoms with Crippen molar-refractivity contribution >= 4 is 11.6 Å². The zero-order chi connectivity index (χ0) is 12.8. The van der Waals surface area contributed by atoms with Gasteiger partial charge in [0, 0.05) is 18.4 Å². The average molecular weight is 241 g/mol. The molecule has 2 aromatic carbocycles. The third-order valence-corrected chi connectivity index (χ3v) is 2.56. The Morgan fingerprint density at radius 3 is 2.33 bits per heavy atom. The van der Waals surface area contributed by atoms with Crippen LogP contribution in [0.3, 0.4) is 0 Å². The molecule has 3 nitrogen and oxygen atoms in total. The van der Waals surface area contributed by atoms with Crippen LogP contribution in [-0.4, -0.2) is 13.0 Å². The van der Waals surface area contributed by atoms with Gasteiger partial charge < -0.3 is 10.1 Å². The van der Waals surface area contributed by atoms with E-state index in [0.29, 0.717) is 12.2 Å². The quantitative estimate of drug-likeness (QED) is 0.893. The molecule has 0 saturated heterocycles. The summed E-state index contributed by atoms with van der Waals surface area (Å²) in [6.45, 7) is 0.576. The van der Waals surface area contributed by atoms with Gasteiger partial charge in [0.05, 0.1) is 6.61 Å². The Morgan fingerprint density at radius 1 is 1.06 bits per heavy atom. The summed E-state index contributed by atoms with van der Waals surface area (Å²) in [6.07, 6.45) is 0. The minimum atomic E-state index is -0.102. The Hall–Kier alpha value is -2.13. The van der Waals surface area contributed by atoms with E-state index in [1.807, 2.05) is 42.5 Å². The van der Waals surface area contributed by atoms with Crippen molar-refractivity contribution in [2.75, 3.05) is 12.4 Å². The molecule has 0 saturated carbocycles. The summed E-state index contributed by atoms with van der Waals surface area (Å²) in [5, 5.41) is 2.85. The normalized spacial score (nSPS) is 10.1. The van der Waals surface area contributed by atoms with E-state index in [1.54, 1.807) is 19.2 Å². The van der Waals surface area contributed by atoms with E-state index in [0.717, 1.165) is 11.3 Å². The van der Waals surface area contributed by atoms with Crippen molar-refractivity contribution in [2.45, 2.75) is 6.61 Å². The molecule has 2 aromatic rings. The van der Waals surface area contributed by atoms with E-state index in [-0.39, 0.29) is 5.91 Å². The van der Waals surface area contributed by atoms with Crippen molar-refractivity contribution in [1.82, 2.24) is 0 Å². The van der Waals surface area contributed by atoms with Crippen LogP contribution in [-0.2, 0) is 11.3 Å². The Bertz CT molecular complexity index is 506. The number of carbonyl (C=O) groups is 1. The molecule has 0 aliphatic heterocycles. The number of amides is 1. The van der Waals surface area contributed by atoms with Gasteiger partial charge in [-0.2, -0.15) is 0 Å². The molecule has 0 fully saturated rings. The number of methoxy groups -OCH3 is 1. The average Bonchev–Trinajstić information content (AvgIpc) is 2.42. The largest absolute Gasteiger partial charge is 0.380 e. The summed E-state index contributed by atoms with van der Waals surface area (Å²) in [5.74, 6) is -0.102. The van der Waals surface area contributed by atoms with Gasteiger partial charge in [-0.25, -0.2) is 0 Å². The van der Waals surface area contributed by atoms with E-state index in [4.69, 9.17) is 4.74 Å². The molecular weight excluding hydrogens is 226 g/mol. The molecule has 2 rings (SSSR count). The lowest BCUT2D eigenvalue weighted by Crippen LogP contribution is -2.11. The molecule has 92 valence electrons. The first kappa shape index (κ1) is 12.3. The Morgan fingerprint density at radius 2 is 1.72 bits per heavy atom. The number of ether oxygens (including phenoxy) is 1. The first-order valence-corrected chi connectivity index (χ1v) is 5.74. The standard InChI is InChI=1S/C15H15NO2/c1-18-11-12-7-9-14(10-8-12)16-15(17)13-5-3-2-4-6-13/h2-10H,11H2,1H3,(H,16,17). The Kier molecular flexibility index (Phi) is 4.10. The van der Waals surface area contributed by atoms with Gasteiger partial charge in [-0.05, 0) is 29.8 Å². The highest BCUT2D eigenvalue weighted by Crippen LogP contribution is 2.11. The molecular formula is C15H15NO2. The number of rotatable bonds is 4. The minimum absolute atomic E-state index is 0.102. The monoisotopic (exact) mass is 241 g/mol. The number of carbonyl (C=O) groups excluding carboxylic acids is 1. The molecule has 0 radical (unpaired) electrons. The molecule has 0 aliphatic rings. The summed E-state index contributed by atoms with van der Waals surface area (Å²) in [7, 11) is 1.66. The third kappa shape index (κ3) is 3.18. The summed E-state index contributed by atoms with van der Waals surface area (Å²) in [6, 6.07) is 16.8. The van der Waals surface area contributed by atoms with Crippen molar-refractivity contribution < 1.29 is 9.53 Å². The summed E-state index contributed by atoms with van der Waals surface area (Å²) in [4.78, 5) is 11.9. The Balaban J connectivity index is 2.03. The van der Waals surface area contributed by atoms with Crippen LogP contribution in [0.5, 0.6) is 0 Å². The summed E-state index contributed by atoms with van der Waals surface area (Å²) < 4.78 is 5.03. The van der Waals surface area contributed by atoms with Crippen molar-refractivity contribution in [2.24, 2.45) is 0 Å². The van der Waals surface area contributed by atoms with Crippen LogP contribution in [0.25, 0.3) is 0 Å². The van der Waals surface area contributed by atoms with Crippen molar-refractivity contribution in [3.8, 4) is 0 Å². The van der Waals surface area contributed by atoms with Crippen LogP contribution in [0, 0.1) is 0 Å². The molecule has 3 heteroatoms. The van der Waals surface area contributed by atoms with Crippen molar-refractivity contribution in [3.63, 3.8) is 0 Å². The molecule has 0 aliphatic carbocycles. The Labute approximate surface area is 106 Å². The lowest BCUT2D eigenvalue weighted by molar-refractivity contribution is 0.102. The molecule has 0 bridgehead atoms. The van der Waals surface area contributed by atoms with E-state index in [2.05, 4.69) is 5.32 Å². The molecule has 0 spiro atoms. The van der Waals surface area contributed by atoms with Crippen LogP contribution in [0.4, 0.5) is 5.69 Å². The van der Waals surface area contributed by atoms with Gasteiger partial charge in [0.2, 0.25) is 0 Å². The van der Waals surface area contributed by atoms with Gasteiger partial charge in [0.15, 0.2) is 0 Å². The van der Waals surface area contributed by atoms with E-state index < -0.39 is 0 Å². The topological polar surface area (TPSA) is 38.3 Å². The lowest BCUT2D eigenvalue weighted by atomic mass is 10.2. The van der Waals surface area contributed by atoms with Crippen LogP contribution in [0.2, 0.25) is 0 Å². The highest BCUT2D eigenvalue weighted by molar-refractivity contribution is 6.04. The minimum Gasteiger partial charge on any atom is -0.380 e. The molecule has 1 amide bonds. The van der Waals surface area contributed by atoms with Gasteiger partial charge in [-0.15, -0.1) is 0 Å². The third-order valence-electron chi connectivity index (χ3n) is 2.56. The number of nitrogens with one attached hydrogen (secondary N) is 1. The SMILES string of the molecule is COCc1ccc(NC(=O)c2ccccc2)cc1. The molecule has 18 heavy (non-hydrogen) atoms. The van der Waals surface area contributed by atoms with Gasteiger partial charge in [-0.1, -0.05) is 30.3 Å². The summed E-state index contributed by atoms with van der Waals surface area (Å²) >= 11 is 0. The molecule has 0 unspecified atom stereocenters. The second-order valence-corrected chi connectivity index (χ2v) is 3.95. The fourth-order valence-electron chi connectivity index (χ4n) is 1.64. The van der Waals surface area contributed by atoms with Crippen LogP contribution in [0.15, 0.2) is 54.6 Å². The second kappa shape index (κ2) is 5.98. The first-order valence-electron chi connectivity index (χ1n) is 5.74. The van der Waals surface area contributed by atoms with Gasteiger partial charge in [0.1, 0.15) is 0 Å². The van der Waals surface area contributed by atoms with E-state index in [1.165, 1.54) is 0 Å². The molecule has 0 heterocycles. The van der Waals surface area contributed by atoms with E-state index >= 15 is 0 Å². The zero-order valence-corrected chi connectivity index (χ0v) is 10.2. The summed E-state index contributed by atoms with van der Waals surface area (Å²) in [5.41, 5.74) is 2.51. The highest BCUT2D eigenvalue weighted by atomic mass is 16.5.